The van der Waals surface area contributed by atoms with Crippen LogP contribution in [0.25, 0.3) is 0 Å². The molecule has 2 atom stereocenters. The Labute approximate surface area is 123 Å². The maximum absolute atomic E-state index is 12.1. The number of alkyl halides is 2. The van der Waals surface area contributed by atoms with Crippen LogP contribution in [0.3, 0.4) is 0 Å². The van der Waals surface area contributed by atoms with Gasteiger partial charge in [-0.1, -0.05) is 31.9 Å². The smallest absolute Gasteiger partial charge is 0.387 e. The standard InChI is InChI=1S/C15H20F2N2O2/c1-3-4-5-12-14(20)19(2)13(18-12)10-6-8-11(9-7-10)21-15(16)17/h6-9,12-13,15,18H,3-5H2,1-2H3. The third-order valence-corrected chi connectivity index (χ3v) is 3.66. The van der Waals surface area contributed by atoms with E-state index in [1.54, 1.807) is 24.1 Å². The molecule has 0 bridgehead atoms. The lowest BCUT2D eigenvalue weighted by molar-refractivity contribution is -0.128. The highest BCUT2D eigenvalue weighted by molar-refractivity contribution is 5.84. The summed E-state index contributed by atoms with van der Waals surface area (Å²) in [5.41, 5.74) is 0.853. The SMILES string of the molecule is CCCCC1NC(c2ccc(OC(F)F)cc2)N(C)C1=O. The van der Waals surface area contributed by atoms with E-state index in [0.717, 1.165) is 24.8 Å². The van der Waals surface area contributed by atoms with Gasteiger partial charge in [0.15, 0.2) is 0 Å². The third-order valence-electron chi connectivity index (χ3n) is 3.66. The van der Waals surface area contributed by atoms with Gasteiger partial charge in [0.25, 0.3) is 0 Å². The van der Waals surface area contributed by atoms with Gasteiger partial charge in [0.1, 0.15) is 11.9 Å². The van der Waals surface area contributed by atoms with Crippen LogP contribution < -0.4 is 10.1 Å². The normalized spacial score (nSPS) is 22.1. The lowest BCUT2D eigenvalue weighted by atomic mass is 10.1. The molecule has 0 aromatic heterocycles. The molecule has 2 unspecified atom stereocenters. The second kappa shape index (κ2) is 6.85. The Bertz CT molecular complexity index is 479. The molecule has 1 amide bonds. The van der Waals surface area contributed by atoms with E-state index >= 15 is 0 Å². The van der Waals surface area contributed by atoms with Crippen molar-refractivity contribution < 1.29 is 18.3 Å². The topological polar surface area (TPSA) is 41.6 Å². The predicted octanol–water partition coefficient (Wildman–Crippen LogP) is 2.91. The van der Waals surface area contributed by atoms with Crippen LogP contribution in [0.1, 0.15) is 37.9 Å². The molecule has 1 aromatic rings. The summed E-state index contributed by atoms with van der Waals surface area (Å²) < 4.78 is 28.6. The van der Waals surface area contributed by atoms with Crippen LogP contribution >= 0.6 is 0 Å². The maximum Gasteiger partial charge on any atom is 0.387 e. The number of carbonyl (C=O) groups is 1. The number of rotatable bonds is 6. The second-order valence-electron chi connectivity index (χ2n) is 5.16. The molecule has 0 saturated carbocycles. The number of hydrogen-bond acceptors (Lipinski definition) is 3. The van der Waals surface area contributed by atoms with Crippen molar-refractivity contribution in [1.82, 2.24) is 10.2 Å². The summed E-state index contributed by atoms with van der Waals surface area (Å²) in [6, 6.07) is 6.20. The Morgan fingerprint density at radius 2 is 2.00 bits per heavy atom. The third kappa shape index (κ3) is 3.69. The summed E-state index contributed by atoms with van der Waals surface area (Å²) in [6.07, 6.45) is 2.62. The molecule has 1 aromatic carbocycles. The number of unbranched alkanes of at least 4 members (excludes halogenated alkanes) is 1. The highest BCUT2D eigenvalue weighted by atomic mass is 19.3. The van der Waals surface area contributed by atoms with Crippen molar-refractivity contribution in [2.45, 2.75) is 45.0 Å². The molecule has 0 aliphatic carbocycles. The lowest BCUT2D eigenvalue weighted by Gasteiger charge is -2.20. The van der Waals surface area contributed by atoms with Gasteiger partial charge in [-0.15, -0.1) is 0 Å². The van der Waals surface area contributed by atoms with Crippen LogP contribution in [-0.2, 0) is 4.79 Å². The minimum atomic E-state index is -2.83. The van der Waals surface area contributed by atoms with Crippen molar-refractivity contribution >= 4 is 5.91 Å². The number of nitrogens with zero attached hydrogens (tertiary/aromatic N) is 1. The van der Waals surface area contributed by atoms with Gasteiger partial charge in [0.2, 0.25) is 5.91 Å². The van der Waals surface area contributed by atoms with E-state index in [-0.39, 0.29) is 23.9 Å². The van der Waals surface area contributed by atoms with Crippen molar-refractivity contribution in [2.24, 2.45) is 0 Å². The molecular weight excluding hydrogens is 278 g/mol. The average molecular weight is 298 g/mol. The molecule has 1 aliphatic rings. The van der Waals surface area contributed by atoms with Crippen LogP contribution in [0, 0.1) is 0 Å². The maximum atomic E-state index is 12.1. The minimum absolute atomic E-state index is 0.0707. The molecule has 1 heterocycles. The number of nitrogens with one attached hydrogen (secondary N) is 1. The van der Waals surface area contributed by atoms with Crippen molar-refractivity contribution in [3.8, 4) is 5.75 Å². The highest BCUT2D eigenvalue weighted by Gasteiger charge is 2.36. The van der Waals surface area contributed by atoms with E-state index in [4.69, 9.17) is 0 Å². The van der Waals surface area contributed by atoms with E-state index in [1.807, 2.05) is 0 Å². The van der Waals surface area contributed by atoms with Gasteiger partial charge in [0.05, 0.1) is 6.04 Å². The fourth-order valence-electron chi connectivity index (χ4n) is 2.51. The van der Waals surface area contributed by atoms with Crippen molar-refractivity contribution in [3.63, 3.8) is 0 Å². The summed E-state index contributed by atoms with van der Waals surface area (Å²) in [5, 5.41) is 3.29. The van der Waals surface area contributed by atoms with E-state index < -0.39 is 6.61 Å². The molecule has 0 radical (unpaired) electrons. The van der Waals surface area contributed by atoms with Gasteiger partial charge >= 0.3 is 6.61 Å². The molecule has 116 valence electrons. The van der Waals surface area contributed by atoms with E-state index in [9.17, 15) is 13.6 Å². The van der Waals surface area contributed by atoms with E-state index in [1.165, 1.54) is 12.1 Å². The van der Waals surface area contributed by atoms with Crippen LogP contribution in [0.2, 0.25) is 0 Å². The first-order chi connectivity index (χ1) is 10.0. The molecule has 21 heavy (non-hydrogen) atoms. The van der Waals surface area contributed by atoms with Crippen molar-refractivity contribution in [1.29, 1.82) is 0 Å². The average Bonchev–Trinajstić information content (AvgIpc) is 2.73. The zero-order chi connectivity index (χ0) is 15.4. The Balaban J connectivity index is 2.05. The summed E-state index contributed by atoms with van der Waals surface area (Å²) >= 11 is 0. The van der Waals surface area contributed by atoms with E-state index in [0.29, 0.717) is 0 Å². The van der Waals surface area contributed by atoms with E-state index in [2.05, 4.69) is 17.0 Å². The van der Waals surface area contributed by atoms with Crippen LogP contribution in [0.15, 0.2) is 24.3 Å². The first kappa shape index (κ1) is 15.7. The van der Waals surface area contributed by atoms with Gasteiger partial charge < -0.3 is 9.64 Å². The van der Waals surface area contributed by atoms with Crippen molar-refractivity contribution in [3.05, 3.63) is 29.8 Å². The molecule has 1 fully saturated rings. The largest absolute Gasteiger partial charge is 0.435 e. The van der Waals surface area contributed by atoms with Crippen LogP contribution in [-0.4, -0.2) is 30.5 Å². The van der Waals surface area contributed by atoms with Gasteiger partial charge in [-0.3, -0.25) is 10.1 Å². The first-order valence-electron chi connectivity index (χ1n) is 7.10. The van der Waals surface area contributed by atoms with Gasteiger partial charge in [-0.25, -0.2) is 0 Å². The van der Waals surface area contributed by atoms with Gasteiger partial charge in [-0.05, 0) is 24.1 Å². The quantitative estimate of drug-likeness (QED) is 0.878. The summed E-state index contributed by atoms with van der Waals surface area (Å²) in [5.74, 6) is 0.185. The highest BCUT2D eigenvalue weighted by Crippen LogP contribution is 2.27. The zero-order valence-electron chi connectivity index (χ0n) is 12.2. The number of ether oxygens (including phenoxy) is 1. The first-order valence-corrected chi connectivity index (χ1v) is 7.10. The molecule has 1 aliphatic heterocycles. The van der Waals surface area contributed by atoms with Gasteiger partial charge in [-0.2, -0.15) is 8.78 Å². The summed E-state index contributed by atoms with van der Waals surface area (Å²) in [6.45, 7) is -0.745. The Morgan fingerprint density at radius 1 is 1.33 bits per heavy atom. The fourth-order valence-corrected chi connectivity index (χ4v) is 2.51. The Kier molecular flexibility index (Phi) is 5.12. The molecule has 1 saturated heterocycles. The van der Waals surface area contributed by atoms with Gasteiger partial charge in [0, 0.05) is 7.05 Å². The fraction of sp³-hybridized carbons (Fsp3) is 0.533. The number of likely N-dealkylation sites (N-methyl/N-ethyl adjacent to an activating group) is 1. The van der Waals surface area contributed by atoms with Crippen molar-refractivity contribution in [2.75, 3.05) is 7.05 Å². The van der Waals surface area contributed by atoms with Crippen LogP contribution in [0.4, 0.5) is 8.78 Å². The number of carbonyl (C=O) groups excluding carboxylic acids is 1. The number of halogens is 2. The Morgan fingerprint density at radius 3 is 2.57 bits per heavy atom. The number of hydrogen-bond donors (Lipinski definition) is 1. The monoisotopic (exact) mass is 298 g/mol. The zero-order valence-corrected chi connectivity index (χ0v) is 12.2. The molecule has 6 heteroatoms. The number of benzene rings is 1. The number of amides is 1. The second-order valence-corrected chi connectivity index (χ2v) is 5.16. The summed E-state index contributed by atoms with van der Waals surface area (Å²) in [7, 11) is 1.75. The predicted molar refractivity (Wildman–Crippen MR) is 75.0 cm³/mol. The van der Waals surface area contributed by atoms with Crippen LogP contribution in [0.5, 0.6) is 5.75 Å². The minimum Gasteiger partial charge on any atom is -0.435 e. The lowest BCUT2D eigenvalue weighted by Crippen LogP contribution is -2.28. The molecule has 0 spiro atoms. The molecule has 4 nitrogen and oxygen atoms in total. The molecule has 1 N–H and O–H groups in total. The Hall–Kier alpha value is -1.69. The molecule has 2 rings (SSSR count). The summed E-state index contributed by atoms with van der Waals surface area (Å²) in [4.78, 5) is 13.8. The molecular formula is C15H20F2N2O2.